The average molecular weight is 418 g/mol. The van der Waals surface area contributed by atoms with Crippen LogP contribution < -0.4 is 10.6 Å². The summed E-state index contributed by atoms with van der Waals surface area (Å²) in [5, 5.41) is 15.4. The Hall–Kier alpha value is -2.06. The summed E-state index contributed by atoms with van der Waals surface area (Å²) in [5.74, 6) is -1.51. The van der Waals surface area contributed by atoms with Crippen LogP contribution >= 0.6 is 11.8 Å². The normalized spacial score (nSPS) is 32.4. The van der Waals surface area contributed by atoms with Crippen LogP contribution in [0, 0.1) is 25.7 Å². The Kier molecular flexibility index (Phi) is 5.11. The second kappa shape index (κ2) is 7.32. The highest BCUT2D eigenvalue weighted by molar-refractivity contribution is 8.02. The monoisotopic (exact) mass is 417 g/mol. The van der Waals surface area contributed by atoms with Crippen LogP contribution in [-0.4, -0.2) is 64.0 Å². The molecule has 29 heavy (non-hydrogen) atoms. The minimum atomic E-state index is -0.698. The third-order valence-corrected chi connectivity index (χ3v) is 8.62. The topological polar surface area (TPSA) is 98.7 Å². The van der Waals surface area contributed by atoms with E-state index in [4.69, 9.17) is 0 Å². The average Bonchev–Trinajstić information content (AvgIpc) is 3.32. The Morgan fingerprint density at radius 1 is 1.28 bits per heavy atom. The molecule has 3 aliphatic heterocycles. The number of hydrogen-bond donors (Lipinski definition) is 3. The molecule has 4 rings (SSSR count). The standard InChI is InChI=1S/C21H27N3O4S/c1-11-5-4-6-12(2)16(11)23-19(27)17-21-8-7-13(29-21)14(18(26)22-3)15(21)20(28)24(17)9-10-25/h4-6,13-15,17,25H,7-10H2,1-3H3,(H,22,26)(H,23,27)/t13-,14+,15-,17?,21?/m0/s1. The maximum Gasteiger partial charge on any atom is 0.248 e. The number of likely N-dealkylation sites (tertiary alicyclic amines) is 1. The molecule has 3 saturated heterocycles. The van der Waals surface area contributed by atoms with Crippen LogP contribution in [0.5, 0.6) is 0 Å². The van der Waals surface area contributed by atoms with Crippen molar-refractivity contribution in [3.63, 3.8) is 0 Å². The van der Waals surface area contributed by atoms with Crippen molar-refractivity contribution < 1.29 is 19.5 Å². The third-order valence-electron chi connectivity index (χ3n) is 6.67. The molecule has 0 aromatic heterocycles. The second-order valence-corrected chi connectivity index (χ2v) is 9.78. The van der Waals surface area contributed by atoms with Crippen molar-refractivity contribution in [3.8, 4) is 0 Å². The first-order valence-corrected chi connectivity index (χ1v) is 10.9. The molecule has 3 fully saturated rings. The maximum atomic E-state index is 13.5. The first-order chi connectivity index (χ1) is 13.9. The number of aliphatic hydroxyl groups excluding tert-OH is 1. The number of hydrogen-bond acceptors (Lipinski definition) is 5. The van der Waals surface area contributed by atoms with E-state index in [0.29, 0.717) is 0 Å². The van der Waals surface area contributed by atoms with Gasteiger partial charge in [-0.2, -0.15) is 0 Å². The second-order valence-electron chi connectivity index (χ2n) is 8.18. The largest absolute Gasteiger partial charge is 0.395 e. The number of amides is 3. The summed E-state index contributed by atoms with van der Waals surface area (Å²) < 4.78 is -0.616. The van der Waals surface area contributed by atoms with Gasteiger partial charge in [-0.15, -0.1) is 11.8 Å². The van der Waals surface area contributed by atoms with E-state index in [9.17, 15) is 19.5 Å². The van der Waals surface area contributed by atoms with E-state index in [1.54, 1.807) is 18.8 Å². The molecule has 1 aromatic rings. The van der Waals surface area contributed by atoms with Crippen LogP contribution in [0.2, 0.25) is 0 Å². The molecule has 0 saturated carbocycles. The van der Waals surface area contributed by atoms with E-state index in [1.807, 2.05) is 32.0 Å². The molecular weight excluding hydrogens is 390 g/mol. The number of β-amino-alcohol motifs (C(OH)–C–C–N with tert-alkyl or cyclic N) is 1. The SMILES string of the molecule is CNC(=O)[C@@H]1[C@@H]2CCC3(S2)C(C(=O)Nc2c(C)cccc2C)N(CCO)C(=O)[C@H]13. The predicted octanol–water partition coefficient (Wildman–Crippen LogP) is 1.07. The number of para-hydroxylation sites is 1. The molecule has 7 nitrogen and oxygen atoms in total. The summed E-state index contributed by atoms with van der Waals surface area (Å²) in [7, 11) is 1.59. The Bertz CT molecular complexity index is 855. The van der Waals surface area contributed by atoms with Crippen LogP contribution in [0.1, 0.15) is 24.0 Å². The van der Waals surface area contributed by atoms with Gasteiger partial charge in [-0.25, -0.2) is 0 Å². The summed E-state index contributed by atoms with van der Waals surface area (Å²) in [6.45, 7) is 3.74. The molecule has 0 radical (unpaired) electrons. The Balaban J connectivity index is 1.72. The lowest BCUT2D eigenvalue weighted by Gasteiger charge is -2.34. The lowest BCUT2D eigenvalue weighted by Crippen LogP contribution is -2.52. The Morgan fingerprint density at radius 2 is 1.97 bits per heavy atom. The first-order valence-electron chi connectivity index (χ1n) is 10.0. The van der Waals surface area contributed by atoms with Crippen molar-refractivity contribution in [3.05, 3.63) is 29.3 Å². The molecule has 2 unspecified atom stereocenters. The molecule has 1 aromatic carbocycles. The van der Waals surface area contributed by atoms with Gasteiger partial charge in [0, 0.05) is 24.5 Å². The van der Waals surface area contributed by atoms with E-state index in [-0.39, 0.29) is 36.1 Å². The number of aliphatic hydroxyl groups is 1. The van der Waals surface area contributed by atoms with E-state index in [0.717, 1.165) is 29.7 Å². The molecule has 0 aliphatic carbocycles. The van der Waals surface area contributed by atoms with Gasteiger partial charge in [-0.3, -0.25) is 14.4 Å². The molecule has 1 spiro atoms. The van der Waals surface area contributed by atoms with Gasteiger partial charge >= 0.3 is 0 Å². The fourth-order valence-corrected chi connectivity index (χ4v) is 7.69. The summed E-state index contributed by atoms with van der Waals surface area (Å²) in [5.41, 5.74) is 2.67. The molecule has 2 bridgehead atoms. The summed E-state index contributed by atoms with van der Waals surface area (Å²) >= 11 is 1.62. The molecule has 3 N–H and O–H groups in total. The molecule has 3 aliphatic rings. The number of carbonyl (C=O) groups excluding carboxylic acids is 3. The summed E-state index contributed by atoms with van der Waals surface area (Å²) in [6.07, 6.45) is 1.53. The zero-order chi connectivity index (χ0) is 20.9. The van der Waals surface area contributed by atoms with Crippen molar-refractivity contribution >= 4 is 35.2 Å². The number of nitrogens with one attached hydrogen (secondary N) is 2. The fraction of sp³-hybridized carbons (Fsp3) is 0.571. The Labute approximate surface area is 174 Å². The zero-order valence-electron chi connectivity index (χ0n) is 16.9. The summed E-state index contributed by atoms with van der Waals surface area (Å²) in [6, 6.07) is 5.11. The number of anilines is 1. The van der Waals surface area contributed by atoms with Gasteiger partial charge < -0.3 is 20.6 Å². The molecule has 3 amide bonds. The van der Waals surface area contributed by atoms with E-state index in [2.05, 4.69) is 10.6 Å². The number of fused-ring (bicyclic) bond motifs is 1. The number of carbonyl (C=O) groups is 3. The number of thioether (sulfide) groups is 1. The third kappa shape index (κ3) is 2.87. The predicted molar refractivity (Wildman–Crippen MR) is 112 cm³/mol. The number of benzene rings is 1. The molecular formula is C21H27N3O4S. The van der Waals surface area contributed by atoms with E-state index in [1.165, 1.54) is 4.90 Å². The number of aryl methyl sites for hydroxylation is 2. The highest BCUT2D eigenvalue weighted by Crippen LogP contribution is 2.66. The van der Waals surface area contributed by atoms with Gasteiger partial charge in [-0.1, -0.05) is 18.2 Å². The van der Waals surface area contributed by atoms with Crippen molar-refractivity contribution in [2.75, 3.05) is 25.5 Å². The zero-order valence-corrected chi connectivity index (χ0v) is 17.7. The van der Waals surface area contributed by atoms with Gasteiger partial charge in [0.05, 0.1) is 23.2 Å². The minimum absolute atomic E-state index is 0.0516. The van der Waals surface area contributed by atoms with Crippen LogP contribution in [0.15, 0.2) is 18.2 Å². The molecule has 5 atom stereocenters. The minimum Gasteiger partial charge on any atom is -0.395 e. The first kappa shape index (κ1) is 20.2. The quantitative estimate of drug-likeness (QED) is 0.666. The van der Waals surface area contributed by atoms with Crippen molar-refractivity contribution in [2.24, 2.45) is 11.8 Å². The van der Waals surface area contributed by atoms with Crippen molar-refractivity contribution in [1.29, 1.82) is 0 Å². The van der Waals surface area contributed by atoms with Crippen molar-refractivity contribution in [2.45, 2.75) is 42.7 Å². The fourth-order valence-electron chi connectivity index (χ4n) is 5.47. The van der Waals surface area contributed by atoms with Gasteiger partial charge in [-0.05, 0) is 37.8 Å². The van der Waals surface area contributed by atoms with Crippen LogP contribution in [0.4, 0.5) is 5.69 Å². The lowest BCUT2D eigenvalue weighted by atomic mass is 9.70. The van der Waals surface area contributed by atoms with Gasteiger partial charge in [0.25, 0.3) is 0 Å². The van der Waals surface area contributed by atoms with Gasteiger partial charge in [0.2, 0.25) is 17.7 Å². The Morgan fingerprint density at radius 3 is 2.59 bits per heavy atom. The van der Waals surface area contributed by atoms with E-state index >= 15 is 0 Å². The van der Waals surface area contributed by atoms with Crippen molar-refractivity contribution in [1.82, 2.24) is 10.2 Å². The van der Waals surface area contributed by atoms with Crippen LogP contribution in [0.3, 0.4) is 0 Å². The molecule has 8 heteroatoms. The maximum absolute atomic E-state index is 13.5. The van der Waals surface area contributed by atoms with E-state index < -0.39 is 22.6 Å². The number of nitrogens with zero attached hydrogens (tertiary/aromatic N) is 1. The summed E-state index contributed by atoms with van der Waals surface area (Å²) in [4.78, 5) is 40.9. The highest BCUT2D eigenvalue weighted by atomic mass is 32.2. The van der Waals surface area contributed by atoms with Gasteiger partial charge in [0.15, 0.2) is 0 Å². The van der Waals surface area contributed by atoms with Crippen LogP contribution in [0.25, 0.3) is 0 Å². The highest BCUT2D eigenvalue weighted by Gasteiger charge is 2.73. The smallest absolute Gasteiger partial charge is 0.248 e. The lowest BCUT2D eigenvalue weighted by molar-refractivity contribution is -0.139. The number of rotatable bonds is 5. The van der Waals surface area contributed by atoms with Crippen LogP contribution in [-0.2, 0) is 14.4 Å². The van der Waals surface area contributed by atoms with Gasteiger partial charge in [0.1, 0.15) is 6.04 Å². The molecule has 156 valence electrons. The molecule has 3 heterocycles.